The first-order valence-electron chi connectivity index (χ1n) is 47.2. The van der Waals surface area contributed by atoms with E-state index in [1.807, 2.05) is 36.4 Å². The summed E-state index contributed by atoms with van der Waals surface area (Å²) in [5, 5.41) is 12.9. The predicted molar refractivity (Wildman–Crippen MR) is 572 cm³/mol. The Labute approximate surface area is 793 Å². The highest BCUT2D eigenvalue weighted by molar-refractivity contribution is 6.16. The largest absolute Gasteiger partial charge is 0.454 e. The van der Waals surface area contributed by atoms with Crippen LogP contribution in [0.5, 0.6) is 0 Å². The van der Waals surface area contributed by atoms with Crippen LogP contribution < -0.4 is 0 Å². The third-order valence-electron chi connectivity index (χ3n) is 28.6. The third-order valence-corrected chi connectivity index (χ3v) is 28.6. The third kappa shape index (κ3) is 14.6. The number of furan rings is 2. The number of imidazole rings is 4. The molecular formula is C121H117N13O2. The van der Waals surface area contributed by atoms with Gasteiger partial charge in [0.25, 0.3) is 0 Å². The number of nitrogens with zero attached hydrogens (tertiary/aromatic N) is 13. The van der Waals surface area contributed by atoms with Gasteiger partial charge in [0.15, 0.2) is 5.58 Å². The molecule has 14 heterocycles. The van der Waals surface area contributed by atoms with Crippen molar-refractivity contribution in [2.45, 2.75) is 88.0 Å². The van der Waals surface area contributed by atoms with E-state index in [-0.39, 0.29) is 0 Å². The van der Waals surface area contributed by atoms with Gasteiger partial charge in [-0.05, 0) is 126 Å². The van der Waals surface area contributed by atoms with Gasteiger partial charge in [-0.1, -0.05) is 307 Å². The minimum absolute atomic E-state index is 0.497. The highest BCUT2D eigenvalue weighted by Crippen LogP contribution is 2.45. The van der Waals surface area contributed by atoms with E-state index in [1.54, 1.807) is 0 Å². The van der Waals surface area contributed by atoms with Crippen LogP contribution in [0.2, 0.25) is 0 Å². The van der Waals surface area contributed by atoms with Gasteiger partial charge in [0.1, 0.15) is 28.1 Å². The lowest BCUT2D eigenvalue weighted by Crippen LogP contribution is -2.00. The fraction of sp³-hybridized carbons (Fsp3) is 0.182. The van der Waals surface area contributed by atoms with E-state index in [2.05, 4.69) is 491 Å². The van der Waals surface area contributed by atoms with Gasteiger partial charge in [-0.15, -0.1) is 0 Å². The molecule has 15 heteroatoms. The molecule has 26 rings (SSSR count). The Morgan fingerprint density at radius 3 is 1.31 bits per heavy atom. The van der Waals surface area contributed by atoms with Crippen molar-refractivity contribution < 1.29 is 8.83 Å². The second-order valence-corrected chi connectivity index (χ2v) is 36.9. The van der Waals surface area contributed by atoms with Crippen LogP contribution in [0.15, 0.2) is 343 Å². The molecule has 26 aromatic rings. The van der Waals surface area contributed by atoms with Crippen LogP contribution in [0.3, 0.4) is 0 Å². The fourth-order valence-electron chi connectivity index (χ4n) is 21.4. The maximum absolute atomic E-state index is 5.97. The first-order valence-corrected chi connectivity index (χ1v) is 47.2. The molecule has 0 aliphatic rings. The quantitative estimate of drug-likeness (QED) is 0.159. The van der Waals surface area contributed by atoms with E-state index in [0.29, 0.717) is 11.8 Å². The Balaban J connectivity index is 0.0000000983. The number of para-hydroxylation sites is 7. The molecule has 0 aliphatic heterocycles. The lowest BCUT2D eigenvalue weighted by atomic mass is 9.99. The Kier molecular flexibility index (Phi) is 23.0. The molecule has 14 aromatic heterocycles. The van der Waals surface area contributed by atoms with Gasteiger partial charge in [-0.2, -0.15) is 0 Å². The molecule has 0 N–H and O–H groups in total. The van der Waals surface area contributed by atoms with Gasteiger partial charge in [-0.3, -0.25) is 13.2 Å². The molecule has 0 atom stereocenters. The van der Waals surface area contributed by atoms with Crippen molar-refractivity contribution in [2.24, 2.45) is 63.4 Å². The van der Waals surface area contributed by atoms with Gasteiger partial charge in [0.05, 0.1) is 66.8 Å². The van der Waals surface area contributed by atoms with Crippen molar-refractivity contribution in [3.8, 4) is 56.0 Å². The van der Waals surface area contributed by atoms with Crippen molar-refractivity contribution in [1.82, 2.24) is 59.3 Å². The summed E-state index contributed by atoms with van der Waals surface area (Å²) >= 11 is 0. The van der Waals surface area contributed by atoms with Crippen LogP contribution in [0.1, 0.15) is 90.6 Å². The van der Waals surface area contributed by atoms with Crippen molar-refractivity contribution in [3.63, 3.8) is 0 Å². The number of aromatic nitrogens is 13. The zero-order valence-corrected chi connectivity index (χ0v) is 81.5. The second kappa shape index (κ2) is 35.6. The monoisotopic (exact) mass is 1780 g/mol. The molecule has 136 heavy (non-hydrogen) atoms. The van der Waals surface area contributed by atoms with E-state index in [1.165, 1.54) is 206 Å². The molecule has 0 unspecified atom stereocenters. The molecule has 12 aromatic carbocycles. The molecule has 0 radical (unpaired) electrons. The number of benzene rings is 12. The number of hydrogen-bond donors (Lipinski definition) is 0. The summed E-state index contributed by atoms with van der Waals surface area (Å²) in [5.41, 5.74) is 41.0. The number of rotatable bonds is 7. The molecule has 0 bridgehead atoms. The molecule has 0 saturated carbocycles. The maximum Gasteiger partial charge on any atom is 0.215 e. The maximum atomic E-state index is 5.97. The Bertz CT molecular complexity index is 8670. The second-order valence-electron chi connectivity index (χ2n) is 36.9. The number of fused-ring (bicyclic) bond motifs is 21. The topological polar surface area (TPSA) is 96.8 Å². The van der Waals surface area contributed by atoms with Crippen molar-refractivity contribution in [3.05, 3.63) is 385 Å². The Morgan fingerprint density at radius 2 is 0.721 bits per heavy atom. The van der Waals surface area contributed by atoms with Crippen molar-refractivity contribution in [2.75, 3.05) is 0 Å². The molecule has 678 valence electrons. The molecule has 15 nitrogen and oxygen atoms in total. The van der Waals surface area contributed by atoms with Gasteiger partial charge < -0.3 is 49.9 Å². The van der Waals surface area contributed by atoms with Gasteiger partial charge in [-0.25, -0.2) is 4.98 Å². The Morgan fingerprint density at radius 1 is 0.279 bits per heavy atom. The molecule has 0 saturated heterocycles. The summed E-state index contributed by atoms with van der Waals surface area (Å²) in [4.78, 5) is 4.75. The first-order chi connectivity index (χ1) is 65.9. The molecular weight excluding hydrogens is 1670 g/mol. The fourth-order valence-corrected chi connectivity index (χ4v) is 21.4. The van der Waals surface area contributed by atoms with Crippen molar-refractivity contribution in [1.29, 1.82) is 0 Å². The Hall–Kier alpha value is -15.9. The van der Waals surface area contributed by atoms with Gasteiger partial charge >= 0.3 is 0 Å². The molecule has 0 fully saturated rings. The van der Waals surface area contributed by atoms with Gasteiger partial charge in [0.2, 0.25) is 11.5 Å². The van der Waals surface area contributed by atoms with Crippen LogP contribution >= 0.6 is 0 Å². The standard InChI is InChI=1S/2C19H18N2.2C18H16N2.C17H15N3.2C15H17NO/c1-13-17(14-9-5-4-6-10-14)19-18(20(13)2)15-11-7-8-12-16(15)21(19)3;1-13-17(14-9-5-4-6-10-14)18-15-11-7-8-12-16(15)21(3)19(18)20(13)2;1-13-17(14-8-4-3-5-9-14)20-12-15-10-6-7-11-16(15)18(20)19(13)2;1-13-18(14-8-4-3-5-9-14)20-16-11-7-6-10-15(16)12-17(20)19(13)2;1-12-16(13-8-4-3-5-9-13)20-15-11-7-6-10-14(15)18-17(20)19(12)2;1-9(2)14-13-11-7-5-6-8-12(11)17-15(13)10(3)16(14)4;1-9(2)13-10(3)16(4)15-14(13)11-7-5-6-8-12(11)17-15/h2*4-12H,1-3H3;2*3-12H,1-2H3;3-11H,1-2H3;2*5-9H,1-4H3. The van der Waals surface area contributed by atoms with Crippen LogP contribution in [-0.4, -0.2) is 59.3 Å². The SMILES string of the molecule is Cc1c(-c2ccccc2)c2c(c3ccccc3n2C)n1C.Cc1c(-c2ccccc2)c2c3ccccc3n(C)c2n1C.Cc1c(-c2ccccc2)n2c3ccccc3cc2n1C.Cc1c(-c2ccccc2)n2c3ccccc3nc2n1C.Cc1c(-c2ccccc2)n2cc3ccccc3c2n1C.Cc1c(C(C)C)c2c3ccccc3oc2n1C.Cc1c2oc3ccccc3c2c(C(C)C)n1C. The zero-order valence-electron chi connectivity index (χ0n) is 81.5. The van der Waals surface area contributed by atoms with Gasteiger partial charge in [0, 0.05) is 186 Å². The lowest BCUT2D eigenvalue weighted by Gasteiger charge is -2.08. The van der Waals surface area contributed by atoms with E-state index in [9.17, 15) is 0 Å². The lowest BCUT2D eigenvalue weighted by molar-refractivity contribution is 0.625. The van der Waals surface area contributed by atoms with E-state index < -0.39 is 0 Å². The van der Waals surface area contributed by atoms with E-state index in [0.717, 1.165) is 39.3 Å². The normalized spacial score (nSPS) is 11.7. The smallest absolute Gasteiger partial charge is 0.215 e. The minimum atomic E-state index is 0.497. The van der Waals surface area contributed by atoms with Crippen molar-refractivity contribution >= 4 is 138 Å². The van der Waals surface area contributed by atoms with Crippen LogP contribution in [-0.2, 0) is 63.4 Å². The summed E-state index contributed by atoms with van der Waals surface area (Å²) in [6.45, 7) is 24.2. The van der Waals surface area contributed by atoms with Crippen LogP contribution in [0.25, 0.3) is 194 Å². The highest BCUT2D eigenvalue weighted by Gasteiger charge is 2.27. The zero-order chi connectivity index (χ0) is 94.5. The number of aryl methyl sites for hydroxylation is 9. The summed E-state index contributed by atoms with van der Waals surface area (Å²) in [6, 6.07) is 115. The van der Waals surface area contributed by atoms with Crippen LogP contribution in [0.4, 0.5) is 0 Å². The summed E-state index contributed by atoms with van der Waals surface area (Å²) in [5.74, 6) is 2.00. The van der Waals surface area contributed by atoms with E-state index >= 15 is 0 Å². The molecule has 0 spiro atoms. The summed E-state index contributed by atoms with van der Waals surface area (Å²) < 4.78 is 39.2. The average molecular weight is 1790 g/mol. The predicted octanol–water partition coefficient (Wildman–Crippen LogP) is 30.6. The van der Waals surface area contributed by atoms with E-state index in [4.69, 9.17) is 13.8 Å². The molecule has 0 aliphatic carbocycles. The average Bonchev–Trinajstić information content (AvgIpc) is 1.56. The summed E-state index contributed by atoms with van der Waals surface area (Å²) in [6.07, 6.45) is 2.24. The minimum Gasteiger partial charge on any atom is -0.454 e. The first kappa shape index (κ1) is 88.1. The highest BCUT2D eigenvalue weighted by atomic mass is 16.3. The number of hydrogen-bond acceptors (Lipinski definition) is 3. The molecule has 0 amide bonds. The summed E-state index contributed by atoms with van der Waals surface area (Å²) in [7, 11) is 19.2. The van der Waals surface area contributed by atoms with Crippen LogP contribution in [0, 0.1) is 48.5 Å².